The Labute approximate surface area is 308 Å². The van der Waals surface area contributed by atoms with Crippen LogP contribution in [-0.4, -0.2) is 89.2 Å². The van der Waals surface area contributed by atoms with Gasteiger partial charge in [0.2, 0.25) is 0 Å². The molecule has 2 unspecified atom stereocenters. The van der Waals surface area contributed by atoms with Crippen LogP contribution in [0.3, 0.4) is 0 Å². The number of likely N-dealkylation sites (N-methyl/N-ethyl adjacent to an activating group) is 1. The summed E-state index contributed by atoms with van der Waals surface area (Å²) in [5.74, 6) is 0.237. The van der Waals surface area contributed by atoms with Crippen molar-refractivity contribution in [1.29, 1.82) is 0 Å². The number of piperazine rings is 1. The summed E-state index contributed by atoms with van der Waals surface area (Å²) in [5.41, 5.74) is 0.749. The number of ketones is 1. The van der Waals surface area contributed by atoms with Gasteiger partial charge in [0.05, 0.1) is 17.9 Å². The number of ether oxygens (including phenoxy) is 1. The zero-order valence-corrected chi connectivity index (χ0v) is 33.7. The van der Waals surface area contributed by atoms with Crippen molar-refractivity contribution in [3.63, 3.8) is 0 Å². The fourth-order valence-corrected chi connectivity index (χ4v) is 13.6. The molecule has 1 aliphatic heterocycles. The van der Waals surface area contributed by atoms with Crippen molar-refractivity contribution in [3.8, 4) is 0 Å². The number of Topliss-reactive ketones (excluding diaryl/α,β-unsaturated/α-hetero) is 1. The summed E-state index contributed by atoms with van der Waals surface area (Å²) >= 11 is 0. The quantitative estimate of drug-likeness (QED) is 0.239. The maximum atomic E-state index is 14.1. The molecule has 51 heavy (non-hydrogen) atoms. The SMILES string of the molecule is CCN1CCN(CC(O)[C@@]23CC[C@]4(C)[C@H](CC[C@@H]5[C@@]6(C)CC[C@H](OC(=O)CC(C)(C)C(=O)O)C(C)(C)C6CC[C@]54C)C2=C(C(C)C)C(=O)C3)CC1. The molecule has 5 fully saturated rings. The van der Waals surface area contributed by atoms with Gasteiger partial charge in [-0.1, -0.05) is 61.0 Å². The van der Waals surface area contributed by atoms with Gasteiger partial charge in [0.25, 0.3) is 0 Å². The minimum Gasteiger partial charge on any atom is -0.481 e. The number of aliphatic hydroxyl groups excluding tert-OH is 1. The number of carboxylic acids is 1. The summed E-state index contributed by atoms with van der Waals surface area (Å²) in [6.07, 6.45) is 7.64. The van der Waals surface area contributed by atoms with E-state index >= 15 is 0 Å². The molecule has 5 aliphatic carbocycles. The molecular formula is C43H70N2O6. The van der Waals surface area contributed by atoms with Crippen LogP contribution in [0.15, 0.2) is 11.1 Å². The first-order valence-electron chi connectivity index (χ1n) is 20.5. The number of rotatable bonds is 9. The number of nitrogens with zero attached hydrogens (tertiary/aromatic N) is 2. The average Bonchev–Trinajstić information content (AvgIpc) is 3.36. The number of aliphatic hydroxyl groups is 1. The molecule has 0 aromatic heterocycles. The van der Waals surface area contributed by atoms with Crippen molar-refractivity contribution in [2.45, 2.75) is 146 Å². The molecule has 0 radical (unpaired) electrons. The van der Waals surface area contributed by atoms with Crippen LogP contribution in [0.5, 0.6) is 0 Å². The topological polar surface area (TPSA) is 107 Å². The highest BCUT2D eigenvalue weighted by Crippen LogP contribution is 2.77. The fourth-order valence-electron chi connectivity index (χ4n) is 13.6. The van der Waals surface area contributed by atoms with E-state index in [0.29, 0.717) is 30.7 Å². The standard InChI is InChI=1S/C43H70N2O6/c1-11-44-20-22-45(23-21-44)26-32(47)43-19-18-41(9)28(36(43)35(27(2)3)29(46)24-43)12-13-31-40(8)16-15-33(51-34(48)25-38(4,5)37(49)50)39(6,7)30(40)14-17-42(31,41)10/h27-28,30-33,47H,11-26H2,1-10H3,(H,49,50)/t28-,30?,31-,32?,33+,40+,41-,42-,43+/m1/s1. The molecule has 9 atom stereocenters. The minimum atomic E-state index is -1.16. The summed E-state index contributed by atoms with van der Waals surface area (Å²) < 4.78 is 6.17. The number of hydrogen-bond acceptors (Lipinski definition) is 7. The van der Waals surface area contributed by atoms with E-state index in [1.54, 1.807) is 13.8 Å². The van der Waals surface area contributed by atoms with Gasteiger partial charge in [-0.15, -0.1) is 0 Å². The molecule has 0 aromatic carbocycles. The highest BCUT2D eigenvalue weighted by Gasteiger charge is 2.71. The Morgan fingerprint density at radius 3 is 2.14 bits per heavy atom. The van der Waals surface area contributed by atoms with E-state index < -0.39 is 28.9 Å². The van der Waals surface area contributed by atoms with Gasteiger partial charge in [-0.3, -0.25) is 19.3 Å². The number of β-amino-alcohol motifs (C(OH)–C–C–N with tert-alkyl or cyclic N) is 1. The van der Waals surface area contributed by atoms with Crippen LogP contribution in [0, 0.1) is 56.2 Å². The average molecular weight is 711 g/mol. The van der Waals surface area contributed by atoms with Crippen molar-refractivity contribution in [2.75, 3.05) is 39.3 Å². The van der Waals surface area contributed by atoms with Crippen molar-refractivity contribution >= 4 is 17.7 Å². The summed E-state index contributed by atoms with van der Waals surface area (Å²) in [4.78, 5) is 43.8. The third kappa shape index (κ3) is 5.99. The number of carboxylic acid groups (broad SMARTS) is 1. The van der Waals surface area contributed by atoms with E-state index in [4.69, 9.17) is 4.74 Å². The van der Waals surface area contributed by atoms with E-state index in [2.05, 4.69) is 65.2 Å². The maximum absolute atomic E-state index is 14.1. The van der Waals surface area contributed by atoms with Crippen molar-refractivity contribution in [3.05, 3.63) is 11.1 Å². The first kappa shape index (κ1) is 38.9. The first-order chi connectivity index (χ1) is 23.7. The zero-order chi connectivity index (χ0) is 37.5. The van der Waals surface area contributed by atoms with Crippen LogP contribution in [0.1, 0.15) is 133 Å². The Bertz CT molecular complexity index is 1430. The molecule has 0 bridgehead atoms. The molecule has 4 saturated carbocycles. The summed E-state index contributed by atoms with van der Waals surface area (Å²) in [5, 5.41) is 21.9. The Balaban J connectivity index is 1.27. The third-order valence-corrected chi connectivity index (χ3v) is 16.8. The van der Waals surface area contributed by atoms with Gasteiger partial charge in [0.15, 0.2) is 5.78 Å². The monoisotopic (exact) mass is 711 g/mol. The van der Waals surface area contributed by atoms with Crippen LogP contribution in [0.25, 0.3) is 0 Å². The summed E-state index contributed by atoms with van der Waals surface area (Å²) in [6.45, 7) is 27.8. The molecule has 6 rings (SSSR count). The molecular weight excluding hydrogens is 640 g/mol. The van der Waals surface area contributed by atoms with Crippen molar-refractivity contribution in [1.82, 2.24) is 9.80 Å². The van der Waals surface area contributed by atoms with E-state index in [1.807, 2.05) is 0 Å². The molecule has 0 aromatic rings. The lowest BCUT2D eigenvalue weighted by molar-refractivity contribution is -0.235. The lowest BCUT2D eigenvalue weighted by Gasteiger charge is -2.72. The van der Waals surface area contributed by atoms with Crippen LogP contribution in [0.2, 0.25) is 0 Å². The zero-order valence-electron chi connectivity index (χ0n) is 33.7. The molecule has 0 spiro atoms. The summed E-state index contributed by atoms with van der Waals surface area (Å²) in [7, 11) is 0. The lowest BCUT2D eigenvalue weighted by atomic mass is 9.33. The Hall–Kier alpha value is -1.77. The Morgan fingerprint density at radius 1 is 0.882 bits per heavy atom. The lowest BCUT2D eigenvalue weighted by Crippen LogP contribution is -2.66. The predicted molar refractivity (Wildman–Crippen MR) is 200 cm³/mol. The highest BCUT2D eigenvalue weighted by atomic mass is 16.5. The number of hydrogen-bond donors (Lipinski definition) is 2. The number of esters is 1. The second-order valence-electron chi connectivity index (χ2n) is 20.3. The van der Waals surface area contributed by atoms with E-state index in [-0.39, 0.29) is 45.9 Å². The Morgan fingerprint density at radius 2 is 1.53 bits per heavy atom. The molecule has 288 valence electrons. The number of aliphatic carboxylic acids is 1. The number of carbonyl (C=O) groups is 3. The van der Waals surface area contributed by atoms with Crippen LogP contribution >= 0.6 is 0 Å². The van der Waals surface area contributed by atoms with Gasteiger partial charge in [0, 0.05) is 50.0 Å². The Kier molecular flexibility index (Phi) is 10.1. The van der Waals surface area contributed by atoms with E-state index in [0.717, 1.165) is 89.7 Å². The van der Waals surface area contributed by atoms with Gasteiger partial charge in [-0.05, 0) is 117 Å². The fraction of sp³-hybridized carbons (Fsp3) is 0.884. The number of allylic oxidation sites excluding steroid dienone is 1. The van der Waals surface area contributed by atoms with E-state index in [1.165, 1.54) is 5.57 Å². The minimum absolute atomic E-state index is 0.0236. The highest BCUT2D eigenvalue weighted by molar-refractivity contribution is 6.00. The summed E-state index contributed by atoms with van der Waals surface area (Å²) in [6, 6.07) is 0. The smallest absolute Gasteiger partial charge is 0.309 e. The molecule has 2 N–H and O–H groups in total. The molecule has 0 amide bonds. The number of fused-ring (bicyclic) bond motifs is 7. The van der Waals surface area contributed by atoms with Crippen LogP contribution < -0.4 is 0 Å². The molecule has 1 heterocycles. The third-order valence-electron chi connectivity index (χ3n) is 16.8. The van der Waals surface area contributed by atoms with E-state index in [9.17, 15) is 24.6 Å². The number of carbonyl (C=O) groups excluding carboxylic acids is 2. The van der Waals surface area contributed by atoms with Gasteiger partial charge < -0.3 is 19.8 Å². The first-order valence-corrected chi connectivity index (χ1v) is 20.5. The molecule has 1 saturated heterocycles. The molecule has 8 heteroatoms. The maximum Gasteiger partial charge on any atom is 0.309 e. The second kappa shape index (κ2) is 13.2. The normalized spacial score (nSPS) is 40.7. The van der Waals surface area contributed by atoms with Gasteiger partial charge in [0.1, 0.15) is 6.10 Å². The van der Waals surface area contributed by atoms with Gasteiger partial charge in [-0.2, -0.15) is 0 Å². The van der Waals surface area contributed by atoms with Crippen LogP contribution in [0.4, 0.5) is 0 Å². The molecule has 8 nitrogen and oxygen atoms in total. The largest absolute Gasteiger partial charge is 0.481 e. The van der Waals surface area contributed by atoms with Crippen LogP contribution in [-0.2, 0) is 19.1 Å². The predicted octanol–water partition coefficient (Wildman–Crippen LogP) is 7.38. The molecule has 6 aliphatic rings. The van der Waals surface area contributed by atoms with Crippen molar-refractivity contribution in [2.24, 2.45) is 56.2 Å². The second-order valence-corrected chi connectivity index (χ2v) is 20.3. The van der Waals surface area contributed by atoms with Gasteiger partial charge >= 0.3 is 11.9 Å². The van der Waals surface area contributed by atoms with Gasteiger partial charge in [-0.25, -0.2) is 0 Å². The van der Waals surface area contributed by atoms with Crippen molar-refractivity contribution < 1.29 is 29.3 Å².